The molecule has 2 aromatic heterocycles. The maximum Gasteiger partial charge on any atom is 0.159 e. The van der Waals surface area contributed by atoms with Crippen LogP contribution >= 0.6 is 0 Å². The second-order valence-electron chi connectivity index (χ2n) is 9.38. The van der Waals surface area contributed by atoms with E-state index in [1.165, 1.54) is 0 Å². The third kappa shape index (κ3) is 5.43. The Bertz CT molecular complexity index is 1090. The number of nitrogens with one attached hydrogen (secondary N) is 3. The molecule has 2 aliphatic rings. The first kappa shape index (κ1) is 22.9. The van der Waals surface area contributed by atoms with E-state index in [0.717, 1.165) is 92.7 Å². The van der Waals surface area contributed by atoms with Crippen molar-refractivity contribution in [3.8, 4) is 5.75 Å². The second kappa shape index (κ2) is 10.6. The number of nitrogens with zero attached hydrogens (tertiary/aromatic N) is 4. The van der Waals surface area contributed by atoms with Gasteiger partial charge in [0.2, 0.25) is 0 Å². The van der Waals surface area contributed by atoms with Crippen LogP contribution in [0.2, 0.25) is 0 Å². The second-order valence-corrected chi connectivity index (χ2v) is 9.38. The number of rotatable bonds is 8. The molecular formula is C25H36N8O. The molecule has 1 aromatic carbocycles. The molecule has 9 nitrogen and oxygen atoms in total. The van der Waals surface area contributed by atoms with E-state index in [-0.39, 0.29) is 0 Å². The molecule has 1 aliphatic heterocycles. The highest BCUT2D eigenvalue weighted by Gasteiger charge is 2.21. The van der Waals surface area contributed by atoms with Gasteiger partial charge < -0.3 is 26.4 Å². The molecule has 3 heterocycles. The summed E-state index contributed by atoms with van der Waals surface area (Å²) in [5.74, 6) is 2.67. The van der Waals surface area contributed by atoms with E-state index < -0.39 is 0 Å². The zero-order valence-electron chi connectivity index (χ0n) is 20.0. The van der Waals surface area contributed by atoms with Gasteiger partial charge in [-0.15, -0.1) is 0 Å². The molecule has 0 spiro atoms. The molecule has 34 heavy (non-hydrogen) atoms. The number of hydrogen-bond acceptors (Lipinski definition) is 8. The van der Waals surface area contributed by atoms with Gasteiger partial charge in [0, 0.05) is 68.2 Å². The maximum absolute atomic E-state index is 6.09. The van der Waals surface area contributed by atoms with Crippen molar-refractivity contribution in [1.29, 1.82) is 0 Å². The van der Waals surface area contributed by atoms with Gasteiger partial charge in [-0.05, 0) is 44.7 Å². The predicted molar refractivity (Wildman–Crippen MR) is 136 cm³/mol. The largest absolute Gasteiger partial charge is 0.492 e. The summed E-state index contributed by atoms with van der Waals surface area (Å²) in [4.78, 5) is 7.27. The van der Waals surface area contributed by atoms with Crippen LogP contribution in [0.15, 0.2) is 36.5 Å². The van der Waals surface area contributed by atoms with Gasteiger partial charge in [0.1, 0.15) is 24.0 Å². The van der Waals surface area contributed by atoms with Crippen LogP contribution in [0, 0.1) is 6.92 Å². The van der Waals surface area contributed by atoms with Crippen molar-refractivity contribution in [2.24, 2.45) is 5.73 Å². The van der Waals surface area contributed by atoms with Gasteiger partial charge in [-0.2, -0.15) is 9.61 Å². The van der Waals surface area contributed by atoms with Crippen molar-refractivity contribution >= 4 is 23.0 Å². The highest BCUT2D eigenvalue weighted by molar-refractivity contribution is 5.69. The van der Waals surface area contributed by atoms with Crippen molar-refractivity contribution in [2.45, 2.75) is 44.7 Å². The molecule has 0 unspecified atom stereocenters. The molecule has 1 saturated carbocycles. The Morgan fingerprint density at radius 3 is 2.79 bits per heavy atom. The Balaban J connectivity index is 1.29. The molecule has 2 fully saturated rings. The Kier molecular flexibility index (Phi) is 7.13. The summed E-state index contributed by atoms with van der Waals surface area (Å²) >= 11 is 0. The third-order valence-electron chi connectivity index (χ3n) is 6.87. The van der Waals surface area contributed by atoms with E-state index in [9.17, 15) is 0 Å². The van der Waals surface area contributed by atoms with Crippen molar-refractivity contribution in [2.75, 3.05) is 50.0 Å². The Hall–Kier alpha value is -2.88. The third-order valence-corrected chi connectivity index (χ3v) is 6.87. The number of ether oxygens (including phenoxy) is 1. The molecule has 0 atom stereocenters. The number of fused-ring (bicyclic) bond motifs is 1. The summed E-state index contributed by atoms with van der Waals surface area (Å²) in [5.41, 5.74) is 8.90. The summed E-state index contributed by atoms with van der Waals surface area (Å²) in [6, 6.07) is 10.8. The van der Waals surface area contributed by atoms with Crippen molar-refractivity contribution < 1.29 is 4.74 Å². The van der Waals surface area contributed by atoms with Crippen LogP contribution in [0.3, 0.4) is 0 Å². The average molecular weight is 465 g/mol. The molecule has 1 aliphatic carbocycles. The van der Waals surface area contributed by atoms with Crippen molar-refractivity contribution in [3.05, 3.63) is 42.1 Å². The van der Waals surface area contributed by atoms with Gasteiger partial charge in [0.15, 0.2) is 5.65 Å². The van der Waals surface area contributed by atoms with Crippen molar-refractivity contribution in [1.82, 2.24) is 24.8 Å². The minimum absolute atomic E-state index is 0.327. The van der Waals surface area contributed by atoms with Crippen LogP contribution < -0.4 is 26.4 Å². The predicted octanol–water partition coefficient (Wildman–Crippen LogP) is 2.75. The van der Waals surface area contributed by atoms with Crippen LogP contribution in [0.25, 0.3) is 5.65 Å². The first-order valence-electron chi connectivity index (χ1n) is 12.4. The number of benzene rings is 1. The molecule has 182 valence electrons. The van der Waals surface area contributed by atoms with Crippen LogP contribution in [0.4, 0.5) is 17.3 Å². The molecule has 0 radical (unpaired) electrons. The minimum atomic E-state index is 0.327. The highest BCUT2D eigenvalue weighted by Crippen LogP contribution is 2.30. The van der Waals surface area contributed by atoms with E-state index in [4.69, 9.17) is 15.5 Å². The van der Waals surface area contributed by atoms with Crippen LogP contribution in [-0.2, 0) is 0 Å². The number of nitrogens with two attached hydrogens (primary N) is 1. The highest BCUT2D eigenvalue weighted by atomic mass is 16.5. The molecule has 0 amide bonds. The summed E-state index contributed by atoms with van der Waals surface area (Å²) in [5, 5.41) is 15.1. The first-order chi connectivity index (χ1) is 16.7. The van der Waals surface area contributed by atoms with E-state index in [0.29, 0.717) is 18.7 Å². The van der Waals surface area contributed by atoms with Crippen LogP contribution in [0.1, 0.15) is 31.2 Å². The number of anilines is 3. The summed E-state index contributed by atoms with van der Waals surface area (Å²) in [7, 11) is 0. The normalized spacial score (nSPS) is 21.5. The lowest BCUT2D eigenvalue weighted by atomic mass is 9.92. The van der Waals surface area contributed by atoms with Crippen LogP contribution in [-0.4, -0.2) is 70.9 Å². The summed E-state index contributed by atoms with van der Waals surface area (Å²) in [6.45, 7) is 7.97. The number of hydrogen-bond donors (Lipinski definition) is 4. The van der Waals surface area contributed by atoms with E-state index in [1.54, 1.807) is 6.20 Å². The Morgan fingerprint density at radius 2 is 1.97 bits per heavy atom. The van der Waals surface area contributed by atoms with Gasteiger partial charge in [0.25, 0.3) is 0 Å². The zero-order valence-corrected chi connectivity index (χ0v) is 20.0. The fourth-order valence-electron chi connectivity index (χ4n) is 4.79. The molecule has 5 rings (SSSR count). The molecule has 0 bridgehead atoms. The average Bonchev–Trinajstić information content (AvgIpc) is 3.32. The van der Waals surface area contributed by atoms with Gasteiger partial charge in [-0.25, -0.2) is 4.98 Å². The maximum atomic E-state index is 6.09. The summed E-state index contributed by atoms with van der Waals surface area (Å²) in [6.07, 6.45) is 6.04. The zero-order chi connectivity index (χ0) is 23.3. The molecule has 9 heteroatoms. The van der Waals surface area contributed by atoms with Gasteiger partial charge in [-0.1, -0.05) is 6.07 Å². The van der Waals surface area contributed by atoms with Gasteiger partial charge in [-0.3, -0.25) is 4.90 Å². The smallest absolute Gasteiger partial charge is 0.159 e. The monoisotopic (exact) mass is 464 g/mol. The molecule has 1 saturated heterocycles. The van der Waals surface area contributed by atoms with Gasteiger partial charge in [0.05, 0.1) is 6.20 Å². The van der Waals surface area contributed by atoms with E-state index in [1.807, 2.05) is 34.8 Å². The Labute approximate surface area is 201 Å². The van der Waals surface area contributed by atoms with Gasteiger partial charge >= 0.3 is 0 Å². The minimum Gasteiger partial charge on any atom is -0.492 e. The standard InChI is InChI=1S/C25H36N8O/c1-18-24(29-20-7-5-19(26)6-8-20)31-23-9-10-28-33(23)25(18)30-21-3-2-4-22(17-21)34-16-15-32-13-11-27-12-14-32/h2-4,9-10,17,19-20,27,30H,5-8,11-16,26H2,1H3,(H,29,31). The lowest BCUT2D eigenvalue weighted by Crippen LogP contribution is -2.44. The lowest BCUT2D eigenvalue weighted by molar-refractivity contribution is 0.191. The number of piperazine rings is 1. The molecular weight excluding hydrogens is 428 g/mol. The molecule has 5 N–H and O–H groups in total. The van der Waals surface area contributed by atoms with Crippen molar-refractivity contribution in [3.63, 3.8) is 0 Å². The topological polar surface area (TPSA) is 105 Å². The number of aromatic nitrogens is 3. The fourth-order valence-corrected chi connectivity index (χ4v) is 4.79. The van der Waals surface area contributed by atoms with E-state index >= 15 is 0 Å². The quantitative estimate of drug-likeness (QED) is 0.403. The summed E-state index contributed by atoms with van der Waals surface area (Å²) < 4.78 is 7.92. The Morgan fingerprint density at radius 1 is 1.15 bits per heavy atom. The first-order valence-corrected chi connectivity index (χ1v) is 12.4. The van der Waals surface area contributed by atoms with E-state index in [2.05, 4.69) is 32.9 Å². The fraction of sp³-hybridized carbons (Fsp3) is 0.520. The SMILES string of the molecule is Cc1c(NC2CCC(N)CC2)nc2ccnn2c1Nc1cccc(OCCN2CCNCC2)c1. The van der Waals surface area contributed by atoms with Crippen LogP contribution in [0.5, 0.6) is 5.75 Å². The molecule has 3 aromatic rings. The lowest BCUT2D eigenvalue weighted by Gasteiger charge is -2.28.